The maximum absolute atomic E-state index is 4.74. The lowest BCUT2D eigenvalue weighted by Crippen LogP contribution is -1.96. The fourth-order valence-corrected chi connectivity index (χ4v) is 1.24. The van der Waals surface area contributed by atoms with E-state index in [0.29, 0.717) is 0 Å². The molecular weight excluding hydrogens is 176 g/mol. The highest BCUT2D eigenvalue weighted by atomic mass is 16.6. The van der Waals surface area contributed by atoms with E-state index in [1.54, 1.807) is 0 Å². The molecule has 0 saturated carbocycles. The number of nitrogens with zero attached hydrogens (tertiary/aromatic N) is 1. The minimum absolute atomic E-state index is 0.909. The van der Waals surface area contributed by atoms with Crippen molar-refractivity contribution < 1.29 is 4.84 Å². The zero-order valence-corrected chi connectivity index (χ0v) is 8.71. The average molecular weight is 192 g/mol. The number of hydrogen-bond donors (Lipinski definition) is 1. The summed E-state index contributed by atoms with van der Waals surface area (Å²) < 4.78 is 0. The fourth-order valence-electron chi connectivity index (χ4n) is 1.24. The number of oxime groups is 1. The molecule has 0 radical (unpaired) electrons. The smallest absolute Gasteiger partial charge is 0.114 e. The van der Waals surface area contributed by atoms with Gasteiger partial charge in [-0.05, 0) is 38.3 Å². The molecule has 0 aliphatic carbocycles. The number of H-pyrrole nitrogens is 1. The molecule has 0 saturated heterocycles. The quantitative estimate of drug-likeness (QED) is 0.435. The van der Waals surface area contributed by atoms with Gasteiger partial charge in [0.2, 0.25) is 0 Å². The minimum Gasteiger partial charge on any atom is -0.366 e. The van der Waals surface area contributed by atoms with Gasteiger partial charge in [-0.25, -0.2) is 0 Å². The second-order valence-electron chi connectivity index (χ2n) is 3.23. The zero-order valence-electron chi connectivity index (χ0n) is 8.71. The van der Waals surface area contributed by atoms with Crippen molar-refractivity contribution in [1.82, 2.24) is 4.98 Å². The molecule has 0 fully saturated rings. The van der Waals surface area contributed by atoms with Gasteiger partial charge in [-0.1, -0.05) is 11.7 Å². The largest absolute Gasteiger partial charge is 0.366 e. The van der Waals surface area contributed by atoms with Crippen LogP contribution in [-0.2, 0) is 11.3 Å². The Balaban J connectivity index is 2.41. The molecule has 14 heavy (non-hydrogen) atoms. The van der Waals surface area contributed by atoms with Crippen molar-refractivity contribution in [3.8, 4) is 0 Å². The van der Waals surface area contributed by atoms with Crippen LogP contribution in [-0.4, -0.2) is 10.7 Å². The summed E-state index contributed by atoms with van der Waals surface area (Å²) in [6.07, 6.45) is 5.18. The van der Waals surface area contributed by atoms with Crippen LogP contribution in [0.25, 0.3) is 0 Å². The molecule has 1 rings (SSSR count). The van der Waals surface area contributed by atoms with Crippen LogP contribution in [0.15, 0.2) is 30.3 Å². The van der Waals surface area contributed by atoms with Gasteiger partial charge in [-0.3, -0.25) is 0 Å². The third-order valence-corrected chi connectivity index (χ3v) is 2.11. The van der Waals surface area contributed by atoms with E-state index < -0.39 is 0 Å². The van der Waals surface area contributed by atoms with Gasteiger partial charge in [-0.15, -0.1) is 0 Å². The topological polar surface area (TPSA) is 37.4 Å². The number of aryl methyl sites for hydroxylation is 2. The molecule has 1 aromatic heterocycles. The van der Waals surface area contributed by atoms with Crippen molar-refractivity contribution in [2.75, 3.05) is 0 Å². The van der Waals surface area contributed by atoms with Crippen LogP contribution in [0.1, 0.15) is 24.6 Å². The zero-order chi connectivity index (χ0) is 10.4. The molecule has 0 aliphatic heterocycles. The summed E-state index contributed by atoms with van der Waals surface area (Å²) in [7, 11) is 0. The summed E-state index contributed by atoms with van der Waals surface area (Å²) >= 11 is 0. The Bertz CT molecular complexity index is 326. The van der Waals surface area contributed by atoms with Crippen LogP contribution in [0.4, 0.5) is 0 Å². The van der Waals surface area contributed by atoms with Crippen LogP contribution in [0, 0.1) is 6.92 Å². The normalized spacial score (nSPS) is 11.4. The average Bonchev–Trinajstić information content (AvgIpc) is 2.58. The maximum Gasteiger partial charge on any atom is 0.114 e. The molecule has 3 nitrogen and oxygen atoms in total. The summed E-state index contributed by atoms with van der Waals surface area (Å²) in [5.74, 6) is 0. The van der Waals surface area contributed by atoms with Crippen LogP contribution in [0.3, 0.4) is 0 Å². The second-order valence-corrected chi connectivity index (χ2v) is 3.23. The Kier molecular flexibility index (Phi) is 3.98. The first-order valence-electron chi connectivity index (χ1n) is 4.67. The predicted octanol–water partition coefficient (Wildman–Crippen LogP) is 2.79. The van der Waals surface area contributed by atoms with Crippen molar-refractivity contribution >= 4 is 5.71 Å². The Morgan fingerprint density at radius 1 is 1.71 bits per heavy atom. The summed E-state index contributed by atoms with van der Waals surface area (Å²) in [4.78, 5) is 7.89. The summed E-state index contributed by atoms with van der Waals surface area (Å²) in [6, 6.07) is 2.09. The molecule has 76 valence electrons. The van der Waals surface area contributed by atoms with E-state index in [1.165, 1.54) is 17.5 Å². The highest BCUT2D eigenvalue weighted by molar-refractivity contribution is 5.81. The van der Waals surface area contributed by atoms with E-state index >= 15 is 0 Å². The molecule has 1 N–H and O–H groups in total. The first-order chi connectivity index (χ1) is 6.74. The number of rotatable bonds is 5. The van der Waals surface area contributed by atoms with E-state index in [0.717, 1.165) is 18.6 Å². The van der Waals surface area contributed by atoms with Crippen molar-refractivity contribution in [3.05, 3.63) is 36.4 Å². The van der Waals surface area contributed by atoms with Crippen molar-refractivity contribution in [1.29, 1.82) is 0 Å². The molecule has 1 aromatic rings. The Labute approximate surface area is 84.5 Å². The van der Waals surface area contributed by atoms with Crippen LogP contribution < -0.4 is 0 Å². The van der Waals surface area contributed by atoms with E-state index in [4.69, 9.17) is 4.84 Å². The summed E-state index contributed by atoms with van der Waals surface area (Å²) in [6.45, 7) is 7.44. The molecule has 0 atom stereocenters. The van der Waals surface area contributed by atoms with Gasteiger partial charge in [0.25, 0.3) is 0 Å². The highest BCUT2D eigenvalue weighted by Gasteiger charge is 2.00. The van der Waals surface area contributed by atoms with E-state index in [2.05, 4.69) is 29.7 Å². The molecule has 0 aliphatic rings. The van der Waals surface area contributed by atoms with Crippen molar-refractivity contribution in [2.24, 2.45) is 5.16 Å². The Morgan fingerprint density at radius 3 is 3.07 bits per heavy atom. The predicted molar refractivity (Wildman–Crippen MR) is 58.2 cm³/mol. The summed E-state index contributed by atoms with van der Waals surface area (Å²) in [5, 5.41) is 3.86. The second kappa shape index (κ2) is 5.27. The van der Waals surface area contributed by atoms with Gasteiger partial charge in [0.05, 0.1) is 5.71 Å². The first-order valence-corrected chi connectivity index (χ1v) is 4.67. The number of aromatic amines is 1. The minimum atomic E-state index is 0.909. The monoisotopic (exact) mass is 192 g/mol. The van der Waals surface area contributed by atoms with E-state index in [-0.39, 0.29) is 0 Å². The Hall–Kier alpha value is -1.51. The number of hydrogen-bond acceptors (Lipinski definition) is 2. The molecule has 3 heteroatoms. The third kappa shape index (κ3) is 3.09. The molecule has 0 spiro atoms. The van der Waals surface area contributed by atoms with Gasteiger partial charge < -0.3 is 9.82 Å². The van der Waals surface area contributed by atoms with Gasteiger partial charge in [0, 0.05) is 11.9 Å². The summed E-state index contributed by atoms with van der Waals surface area (Å²) in [5.41, 5.74) is 3.53. The number of aromatic nitrogens is 1. The van der Waals surface area contributed by atoms with Gasteiger partial charge in [0.15, 0.2) is 0 Å². The lowest BCUT2D eigenvalue weighted by atomic mass is 10.1. The third-order valence-electron chi connectivity index (χ3n) is 2.11. The number of nitrogens with one attached hydrogen (secondary N) is 1. The van der Waals surface area contributed by atoms with E-state index in [9.17, 15) is 0 Å². The van der Waals surface area contributed by atoms with E-state index in [1.807, 2.05) is 13.1 Å². The lowest BCUT2D eigenvalue weighted by molar-refractivity contribution is 0.268. The molecule has 0 bridgehead atoms. The van der Waals surface area contributed by atoms with Crippen LogP contribution >= 0.6 is 0 Å². The van der Waals surface area contributed by atoms with Crippen LogP contribution in [0.5, 0.6) is 0 Å². The molecule has 1 heterocycles. The molecular formula is C11H16N2O. The standard InChI is InChI=1S/C11H16N2O/c1-4-14-13-9(2)5-6-11-7-8-12-10(11)3/h4,7-8,12H,1,5-6H2,2-3H3/b13-9+. The SMILES string of the molecule is C=CO/N=C(\C)CCc1cc[nH]c1C. The van der Waals surface area contributed by atoms with Gasteiger partial charge >= 0.3 is 0 Å². The molecule has 0 amide bonds. The maximum atomic E-state index is 4.74. The first kappa shape index (κ1) is 10.6. The Morgan fingerprint density at radius 2 is 2.50 bits per heavy atom. The van der Waals surface area contributed by atoms with Crippen molar-refractivity contribution in [2.45, 2.75) is 26.7 Å². The van der Waals surface area contributed by atoms with Gasteiger partial charge in [0.1, 0.15) is 6.26 Å². The van der Waals surface area contributed by atoms with Crippen molar-refractivity contribution in [3.63, 3.8) is 0 Å². The highest BCUT2D eigenvalue weighted by Crippen LogP contribution is 2.08. The van der Waals surface area contributed by atoms with Crippen LogP contribution in [0.2, 0.25) is 0 Å². The van der Waals surface area contributed by atoms with Gasteiger partial charge in [-0.2, -0.15) is 0 Å². The fraction of sp³-hybridized carbons (Fsp3) is 0.364. The molecule has 0 unspecified atom stereocenters. The lowest BCUT2D eigenvalue weighted by Gasteiger charge is -1.99. The molecule has 0 aromatic carbocycles.